The summed E-state index contributed by atoms with van der Waals surface area (Å²) in [4.78, 5) is 14.7. The Morgan fingerprint density at radius 2 is 1.67 bits per heavy atom. The van der Waals surface area contributed by atoms with Gasteiger partial charge in [-0.1, -0.05) is 53.0 Å². The monoisotopic (exact) mass is 363 g/mol. The van der Waals surface area contributed by atoms with E-state index in [-0.39, 0.29) is 5.91 Å². The number of anilines is 1. The molecule has 1 spiro atoms. The Hall–Kier alpha value is -1.59. The van der Waals surface area contributed by atoms with Crippen molar-refractivity contribution in [2.24, 2.45) is 0 Å². The van der Waals surface area contributed by atoms with E-state index in [1.165, 1.54) is 0 Å². The van der Waals surface area contributed by atoms with Gasteiger partial charge < -0.3 is 14.4 Å². The van der Waals surface area contributed by atoms with Crippen molar-refractivity contribution in [3.63, 3.8) is 0 Å². The van der Waals surface area contributed by atoms with Gasteiger partial charge in [0.15, 0.2) is 0 Å². The van der Waals surface area contributed by atoms with Crippen LogP contribution in [-0.2, 0) is 26.6 Å². The van der Waals surface area contributed by atoms with Crippen LogP contribution in [-0.4, -0.2) is 19.1 Å². The zero-order valence-corrected chi connectivity index (χ0v) is 14.5. The number of ether oxygens (including phenoxy) is 2. The highest BCUT2D eigenvalue weighted by Gasteiger charge is 2.57. The van der Waals surface area contributed by atoms with Crippen molar-refractivity contribution in [1.82, 2.24) is 0 Å². The van der Waals surface area contributed by atoms with Gasteiger partial charge in [-0.3, -0.25) is 4.79 Å². The van der Waals surface area contributed by atoms with E-state index in [0.717, 1.165) is 11.1 Å². The zero-order chi connectivity index (χ0) is 16.9. The van der Waals surface area contributed by atoms with E-state index in [2.05, 4.69) is 0 Å². The number of carbonyl (C=O) groups excluding carboxylic acids is 1. The maximum atomic E-state index is 13.1. The lowest BCUT2D eigenvalue weighted by Crippen LogP contribution is -2.41. The number of aryl methyl sites for hydroxylation is 1. The first-order valence-electron chi connectivity index (χ1n) is 7.67. The van der Waals surface area contributed by atoms with Gasteiger partial charge >= 0.3 is 0 Å². The number of rotatable bonds is 2. The molecule has 2 aromatic rings. The summed E-state index contributed by atoms with van der Waals surface area (Å²) in [6.45, 7) is 3.07. The molecule has 2 aliphatic rings. The van der Waals surface area contributed by atoms with E-state index >= 15 is 0 Å². The fraction of sp³-hybridized carbons (Fsp3) is 0.278. The Morgan fingerprint density at radius 3 is 2.33 bits per heavy atom. The quantitative estimate of drug-likeness (QED) is 0.807. The second kappa shape index (κ2) is 5.74. The number of carbonyl (C=O) groups is 1. The molecule has 2 aliphatic heterocycles. The van der Waals surface area contributed by atoms with Crippen LogP contribution >= 0.6 is 23.2 Å². The number of hydrogen-bond acceptors (Lipinski definition) is 3. The van der Waals surface area contributed by atoms with Crippen LogP contribution in [0.2, 0.25) is 10.0 Å². The van der Waals surface area contributed by atoms with Crippen molar-refractivity contribution >= 4 is 34.8 Å². The van der Waals surface area contributed by atoms with Gasteiger partial charge in [0.1, 0.15) is 0 Å². The number of halogens is 2. The zero-order valence-electron chi connectivity index (χ0n) is 13.0. The number of nitrogens with zero attached hydrogens (tertiary/aromatic N) is 1. The van der Waals surface area contributed by atoms with Gasteiger partial charge in [-0.2, -0.15) is 0 Å². The van der Waals surface area contributed by atoms with Gasteiger partial charge in [0.25, 0.3) is 11.7 Å². The van der Waals surface area contributed by atoms with E-state index in [1.54, 1.807) is 17.0 Å². The first-order chi connectivity index (χ1) is 11.5. The van der Waals surface area contributed by atoms with Crippen molar-refractivity contribution in [2.45, 2.75) is 19.3 Å². The van der Waals surface area contributed by atoms with Gasteiger partial charge in [0.2, 0.25) is 0 Å². The molecule has 4 rings (SSSR count). The van der Waals surface area contributed by atoms with Crippen LogP contribution in [0.1, 0.15) is 16.7 Å². The Kier molecular flexibility index (Phi) is 3.81. The van der Waals surface area contributed by atoms with Crippen LogP contribution in [0, 0.1) is 6.92 Å². The summed E-state index contributed by atoms with van der Waals surface area (Å²) < 4.78 is 11.4. The molecule has 4 nitrogen and oxygen atoms in total. The van der Waals surface area contributed by atoms with Crippen LogP contribution in [0.25, 0.3) is 0 Å². The first kappa shape index (κ1) is 15.9. The summed E-state index contributed by atoms with van der Waals surface area (Å²) in [5.74, 6) is -1.76. The highest BCUT2D eigenvalue weighted by atomic mass is 35.5. The van der Waals surface area contributed by atoms with Crippen molar-refractivity contribution in [1.29, 1.82) is 0 Å². The third-order valence-electron chi connectivity index (χ3n) is 4.36. The average molecular weight is 364 g/mol. The molecule has 1 amide bonds. The van der Waals surface area contributed by atoms with Crippen LogP contribution < -0.4 is 4.90 Å². The predicted molar refractivity (Wildman–Crippen MR) is 92.4 cm³/mol. The van der Waals surface area contributed by atoms with E-state index in [9.17, 15) is 4.79 Å². The summed E-state index contributed by atoms with van der Waals surface area (Å²) >= 11 is 12.8. The van der Waals surface area contributed by atoms with Crippen LogP contribution in [0.5, 0.6) is 0 Å². The van der Waals surface area contributed by atoms with Gasteiger partial charge in [-0.25, -0.2) is 0 Å². The molecule has 2 aromatic carbocycles. The number of hydrogen-bond donors (Lipinski definition) is 0. The second-order valence-electron chi connectivity index (χ2n) is 5.94. The molecular weight excluding hydrogens is 349 g/mol. The van der Waals surface area contributed by atoms with Crippen LogP contribution in [0.3, 0.4) is 0 Å². The largest absolute Gasteiger partial charge is 0.336 e. The van der Waals surface area contributed by atoms with E-state index in [4.69, 9.17) is 32.7 Å². The lowest BCUT2D eigenvalue weighted by molar-refractivity contribution is -0.180. The smallest absolute Gasteiger partial charge is 0.292 e. The molecular formula is C18H15Cl2NO3. The molecule has 1 fully saturated rings. The normalized spacial score (nSPS) is 18.5. The predicted octanol–water partition coefficient (Wildman–Crippen LogP) is 4.05. The van der Waals surface area contributed by atoms with Crippen LogP contribution in [0.4, 0.5) is 5.69 Å². The Labute approximate surface area is 149 Å². The maximum absolute atomic E-state index is 13.1. The molecule has 0 atom stereocenters. The highest BCUT2D eigenvalue weighted by molar-refractivity contribution is 6.38. The molecule has 24 heavy (non-hydrogen) atoms. The molecule has 6 heteroatoms. The van der Waals surface area contributed by atoms with Gasteiger partial charge in [-0.05, 0) is 24.6 Å². The molecule has 124 valence electrons. The lowest BCUT2D eigenvalue weighted by atomic mass is 10.1. The van der Waals surface area contributed by atoms with E-state index < -0.39 is 5.79 Å². The second-order valence-corrected chi connectivity index (χ2v) is 6.76. The lowest BCUT2D eigenvalue weighted by Gasteiger charge is -2.22. The molecule has 0 radical (unpaired) electrons. The Morgan fingerprint density at radius 1 is 1.04 bits per heavy atom. The third kappa shape index (κ3) is 2.25. The van der Waals surface area contributed by atoms with E-state index in [0.29, 0.717) is 41.1 Å². The molecule has 0 aliphatic carbocycles. The molecule has 0 N–H and O–H groups in total. The summed E-state index contributed by atoms with van der Waals surface area (Å²) in [6, 6.07) is 11.3. The summed E-state index contributed by atoms with van der Waals surface area (Å²) in [7, 11) is 0. The minimum atomic E-state index is -1.47. The minimum Gasteiger partial charge on any atom is -0.336 e. The van der Waals surface area contributed by atoms with E-state index in [1.807, 2.05) is 31.2 Å². The number of fused-ring (bicyclic) bond motifs is 2. The van der Waals surface area contributed by atoms with Gasteiger partial charge in [0, 0.05) is 0 Å². The standard InChI is InChI=1S/C18H15Cl2NO3/c1-11-2-4-12(5-3-11)10-21-16-14(20)7-6-13(19)15(16)18(17(21)22)23-8-9-24-18/h2-7H,8-10H2,1H3. The van der Waals surface area contributed by atoms with Crippen molar-refractivity contribution in [3.05, 3.63) is 63.1 Å². The summed E-state index contributed by atoms with van der Waals surface area (Å²) in [5.41, 5.74) is 3.22. The fourth-order valence-corrected chi connectivity index (χ4v) is 3.75. The molecule has 0 aromatic heterocycles. The summed E-state index contributed by atoms with van der Waals surface area (Å²) in [5, 5.41) is 0.863. The minimum absolute atomic E-state index is 0.287. The van der Waals surface area contributed by atoms with Crippen molar-refractivity contribution in [2.75, 3.05) is 18.1 Å². The van der Waals surface area contributed by atoms with Gasteiger partial charge in [-0.15, -0.1) is 0 Å². The van der Waals surface area contributed by atoms with Crippen molar-refractivity contribution < 1.29 is 14.3 Å². The Bertz CT molecular complexity index is 814. The molecule has 1 saturated heterocycles. The number of amides is 1. The SMILES string of the molecule is Cc1ccc(CN2C(=O)C3(OCCO3)c3c(Cl)ccc(Cl)c32)cc1. The number of benzene rings is 2. The average Bonchev–Trinajstić information content (AvgIpc) is 3.14. The first-order valence-corrected chi connectivity index (χ1v) is 8.42. The molecule has 2 heterocycles. The molecule has 0 bridgehead atoms. The fourth-order valence-electron chi connectivity index (χ4n) is 3.21. The molecule has 0 saturated carbocycles. The molecule has 0 unspecified atom stereocenters. The third-order valence-corrected chi connectivity index (χ3v) is 4.98. The summed E-state index contributed by atoms with van der Waals surface area (Å²) in [6.07, 6.45) is 0. The van der Waals surface area contributed by atoms with Crippen molar-refractivity contribution in [3.8, 4) is 0 Å². The van der Waals surface area contributed by atoms with Gasteiger partial charge in [0.05, 0.1) is 41.1 Å². The maximum Gasteiger partial charge on any atom is 0.292 e. The topological polar surface area (TPSA) is 38.8 Å². The Balaban J connectivity index is 1.83. The highest BCUT2D eigenvalue weighted by Crippen LogP contribution is 2.52. The van der Waals surface area contributed by atoms with Crippen LogP contribution in [0.15, 0.2) is 36.4 Å².